The molecule has 102 valence electrons. The fourth-order valence-corrected chi connectivity index (χ4v) is 2.14. The van der Waals surface area contributed by atoms with Gasteiger partial charge in [-0.05, 0) is 62.2 Å². The number of rotatable bonds is 4. The van der Waals surface area contributed by atoms with Crippen LogP contribution in [0.15, 0.2) is 36.4 Å². The summed E-state index contributed by atoms with van der Waals surface area (Å²) in [6, 6.07) is 12.8. The second-order valence-electron chi connectivity index (χ2n) is 5.97. The summed E-state index contributed by atoms with van der Waals surface area (Å²) in [5.41, 5.74) is 1.55. The van der Waals surface area contributed by atoms with Gasteiger partial charge in [-0.25, -0.2) is 0 Å². The van der Waals surface area contributed by atoms with Crippen LogP contribution in [-0.2, 0) is 6.42 Å². The molecule has 0 aliphatic heterocycles. The predicted octanol–water partition coefficient (Wildman–Crippen LogP) is 3.78. The lowest BCUT2D eigenvalue weighted by molar-refractivity contribution is 0.415. The molecule has 0 aromatic heterocycles. The van der Waals surface area contributed by atoms with Gasteiger partial charge in [-0.1, -0.05) is 24.3 Å². The molecule has 2 nitrogen and oxygen atoms in total. The first-order valence-electron chi connectivity index (χ1n) is 6.80. The Labute approximate surface area is 115 Å². The molecular formula is C17H23NO. The highest BCUT2D eigenvalue weighted by molar-refractivity contribution is 5.84. The van der Waals surface area contributed by atoms with Crippen LogP contribution in [0.5, 0.6) is 5.75 Å². The SMILES string of the molecule is COc1ccc2cc(CCNC(C)(C)C)ccc2c1. The van der Waals surface area contributed by atoms with E-state index in [9.17, 15) is 0 Å². The summed E-state index contributed by atoms with van der Waals surface area (Å²) in [5, 5.41) is 6.02. The van der Waals surface area contributed by atoms with Gasteiger partial charge >= 0.3 is 0 Å². The number of fused-ring (bicyclic) bond motifs is 1. The molecule has 1 N–H and O–H groups in total. The minimum Gasteiger partial charge on any atom is -0.497 e. The van der Waals surface area contributed by atoms with E-state index in [2.05, 4.69) is 56.4 Å². The van der Waals surface area contributed by atoms with Crippen LogP contribution in [0.25, 0.3) is 10.8 Å². The van der Waals surface area contributed by atoms with Crippen LogP contribution >= 0.6 is 0 Å². The molecule has 0 heterocycles. The Bertz CT molecular complexity index is 555. The smallest absolute Gasteiger partial charge is 0.119 e. The van der Waals surface area contributed by atoms with E-state index in [0.29, 0.717) is 0 Å². The average Bonchev–Trinajstić information content (AvgIpc) is 2.36. The van der Waals surface area contributed by atoms with Crippen LogP contribution in [0.3, 0.4) is 0 Å². The largest absolute Gasteiger partial charge is 0.497 e. The van der Waals surface area contributed by atoms with Crippen LogP contribution in [0.1, 0.15) is 26.3 Å². The van der Waals surface area contributed by atoms with Crippen molar-refractivity contribution >= 4 is 10.8 Å². The summed E-state index contributed by atoms with van der Waals surface area (Å²) in [4.78, 5) is 0. The number of ether oxygens (including phenoxy) is 1. The molecule has 0 aliphatic rings. The molecule has 0 spiro atoms. The van der Waals surface area contributed by atoms with E-state index in [-0.39, 0.29) is 5.54 Å². The zero-order valence-electron chi connectivity index (χ0n) is 12.3. The third-order valence-corrected chi connectivity index (χ3v) is 3.18. The molecule has 0 saturated heterocycles. The predicted molar refractivity (Wildman–Crippen MR) is 82.0 cm³/mol. The van der Waals surface area contributed by atoms with E-state index in [1.807, 2.05) is 6.07 Å². The minimum absolute atomic E-state index is 0.185. The van der Waals surface area contributed by atoms with Gasteiger partial charge < -0.3 is 10.1 Å². The van der Waals surface area contributed by atoms with Crippen LogP contribution < -0.4 is 10.1 Å². The van der Waals surface area contributed by atoms with Crippen molar-refractivity contribution < 1.29 is 4.74 Å². The minimum atomic E-state index is 0.185. The number of hydrogen-bond acceptors (Lipinski definition) is 2. The molecule has 0 atom stereocenters. The fraction of sp³-hybridized carbons (Fsp3) is 0.412. The van der Waals surface area contributed by atoms with E-state index in [1.165, 1.54) is 16.3 Å². The highest BCUT2D eigenvalue weighted by atomic mass is 16.5. The van der Waals surface area contributed by atoms with Gasteiger partial charge in [-0.2, -0.15) is 0 Å². The fourth-order valence-electron chi connectivity index (χ4n) is 2.14. The van der Waals surface area contributed by atoms with E-state index < -0.39 is 0 Å². The maximum atomic E-state index is 5.24. The van der Waals surface area contributed by atoms with E-state index in [4.69, 9.17) is 4.74 Å². The molecule has 0 unspecified atom stereocenters. The number of methoxy groups -OCH3 is 1. The Kier molecular flexibility index (Phi) is 4.11. The van der Waals surface area contributed by atoms with E-state index in [0.717, 1.165) is 18.7 Å². The van der Waals surface area contributed by atoms with Crippen LogP contribution in [-0.4, -0.2) is 19.2 Å². The van der Waals surface area contributed by atoms with E-state index in [1.54, 1.807) is 7.11 Å². The summed E-state index contributed by atoms with van der Waals surface area (Å²) in [6.07, 6.45) is 1.05. The Hall–Kier alpha value is -1.54. The van der Waals surface area contributed by atoms with Crippen molar-refractivity contribution in [2.75, 3.05) is 13.7 Å². The standard InChI is InChI=1S/C17H23NO/c1-17(2,3)18-10-9-13-5-6-15-12-16(19-4)8-7-14(15)11-13/h5-8,11-12,18H,9-10H2,1-4H3. The molecule has 2 aromatic carbocycles. The van der Waals surface area contributed by atoms with Crippen molar-refractivity contribution in [2.45, 2.75) is 32.7 Å². The molecule has 0 radical (unpaired) electrons. The first kappa shape index (κ1) is 13.9. The number of benzene rings is 2. The number of hydrogen-bond donors (Lipinski definition) is 1. The van der Waals surface area contributed by atoms with Gasteiger partial charge in [-0.15, -0.1) is 0 Å². The Morgan fingerprint density at radius 1 is 1.00 bits per heavy atom. The summed E-state index contributed by atoms with van der Waals surface area (Å²) in [7, 11) is 1.70. The normalized spacial score (nSPS) is 11.8. The molecule has 19 heavy (non-hydrogen) atoms. The quantitative estimate of drug-likeness (QED) is 0.900. The van der Waals surface area contributed by atoms with Crippen molar-refractivity contribution in [3.05, 3.63) is 42.0 Å². The summed E-state index contributed by atoms with van der Waals surface area (Å²) in [6.45, 7) is 7.59. The Morgan fingerprint density at radius 2 is 1.68 bits per heavy atom. The topological polar surface area (TPSA) is 21.3 Å². The van der Waals surface area contributed by atoms with Gasteiger partial charge in [0.15, 0.2) is 0 Å². The Morgan fingerprint density at radius 3 is 2.37 bits per heavy atom. The average molecular weight is 257 g/mol. The van der Waals surface area contributed by atoms with Crippen molar-refractivity contribution in [1.29, 1.82) is 0 Å². The van der Waals surface area contributed by atoms with Crippen molar-refractivity contribution in [3.8, 4) is 5.75 Å². The zero-order valence-corrected chi connectivity index (χ0v) is 12.3. The van der Waals surface area contributed by atoms with Crippen LogP contribution in [0, 0.1) is 0 Å². The summed E-state index contributed by atoms with van der Waals surface area (Å²) in [5.74, 6) is 0.912. The number of nitrogens with one attached hydrogen (secondary N) is 1. The molecule has 0 saturated carbocycles. The first-order valence-corrected chi connectivity index (χ1v) is 6.80. The molecule has 2 aromatic rings. The third kappa shape index (κ3) is 3.97. The molecule has 0 fully saturated rings. The van der Waals surface area contributed by atoms with Crippen molar-refractivity contribution in [1.82, 2.24) is 5.32 Å². The summed E-state index contributed by atoms with van der Waals surface area (Å²) >= 11 is 0. The van der Waals surface area contributed by atoms with E-state index >= 15 is 0 Å². The van der Waals surface area contributed by atoms with Gasteiger partial charge in [-0.3, -0.25) is 0 Å². The molecule has 2 heteroatoms. The maximum absolute atomic E-state index is 5.24. The molecule has 0 bridgehead atoms. The van der Waals surface area contributed by atoms with Gasteiger partial charge in [0.2, 0.25) is 0 Å². The molecule has 2 rings (SSSR count). The lowest BCUT2D eigenvalue weighted by Crippen LogP contribution is -2.37. The second kappa shape index (κ2) is 5.62. The second-order valence-corrected chi connectivity index (χ2v) is 5.97. The van der Waals surface area contributed by atoms with Crippen LogP contribution in [0.2, 0.25) is 0 Å². The molecular weight excluding hydrogens is 234 g/mol. The molecule has 0 aliphatic carbocycles. The maximum Gasteiger partial charge on any atom is 0.119 e. The van der Waals surface area contributed by atoms with Gasteiger partial charge in [0.1, 0.15) is 5.75 Å². The monoisotopic (exact) mass is 257 g/mol. The zero-order chi connectivity index (χ0) is 13.9. The lowest BCUT2D eigenvalue weighted by Gasteiger charge is -2.20. The first-order chi connectivity index (χ1) is 8.98. The van der Waals surface area contributed by atoms with Gasteiger partial charge in [0, 0.05) is 5.54 Å². The highest BCUT2D eigenvalue weighted by Crippen LogP contribution is 2.22. The Balaban J connectivity index is 2.09. The molecule has 0 amide bonds. The van der Waals surface area contributed by atoms with Gasteiger partial charge in [0.05, 0.1) is 7.11 Å². The summed E-state index contributed by atoms with van der Waals surface area (Å²) < 4.78 is 5.24. The highest BCUT2D eigenvalue weighted by Gasteiger charge is 2.07. The van der Waals surface area contributed by atoms with Gasteiger partial charge in [0.25, 0.3) is 0 Å². The lowest BCUT2D eigenvalue weighted by atomic mass is 10.0. The van der Waals surface area contributed by atoms with Crippen molar-refractivity contribution in [2.24, 2.45) is 0 Å². The van der Waals surface area contributed by atoms with Crippen molar-refractivity contribution in [3.63, 3.8) is 0 Å². The van der Waals surface area contributed by atoms with Crippen LogP contribution in [0.4, 0.5) is 0 Å². The third-order valence-electron chi connectivity index (χ3n) is 3.18.